The van der Waals surface area contributed by atoms with Crippen molar-refractivity contribution in [1.29, 1.82) is 0 Å². The quantitative estimate of drug-likeness (QED) is 0.256. The number of hydrogen-bond acceptors (Lipinski definition) is 7. The van der Waals surface area contributed by atoms with Gasteiger partial charge in [0.25, 0.3) is 5.91 Å². The number of carboxylic acid groups (broad SMARTS) is 1. The number of carbonyl (C=O) groups excluding carboxylic acids is 1. The van der Waals surface area contributed by atoms with Crippen LogP contribution in [-0.4, -0.2) is 50.3 Å². The molecule has 3 heterocycles. The summed E-state index contributed by atoms with van der Waals surface area (Å²) < 4.78 is 26.8. The number of anilines is 1. The number of halogens is 2. The van der Waals surface area contributed by atoms with E-state index >= 15 is 0 Å². The first-order chi connectivity index (χ1) is 19.8. The molecule has 10 nitrogen and oxygen atoms in total. The third kappa shape index (κ3) is 5.75. The molecular formula is C30H31ClFN5O5. The van der Waals surface area contributed by atoms with Gasteiger partial charge in [-0.15, -0.1) is 0 Å². The number of hydrogen-bond donors (Lipinski definition) is 3. The molecule has 0 fully saturated rings. The van der Waals surface area contributed by atoms with Gasteiger partial charge < -0.3 is 25.2 Å². The average Bonchev–Trinajstić information content (AvgIpc) is 3.35. The number of nitrogens with zero attached hydrogens (tertiary/aromatic N) is 3. The first-order valence-corrected chi connectivity index (χ1v) is 13.8. The summed E-state index contributed by atoms with van der Waals surface area (Å²) in [6.07, 6.45) is -1.42. The van der Waals surface area contributed by atoms with Gasteiger partial charge in [-0.25, -0.2) is 18.7 Å². The van der Waals surface area contributed by atoms with Crippen molar-refractivity contribution in [2.45, 2.75) is 52.9 Å². The van der Waals surface area contributed by atoms with Crippen LogP contribution in [0.4, 0.5) is 10.1 Å². The second-order valence-corrected chi connectivity index (χ2v) is 11.4. The number of aromatic nitrogens is 3. The summed E-state index contributed by atoms with van der Waals surface area (Å²) >= 11 is 6.92. The minimum atomic E-state index is -1.42. The fourth-order valence-corrected chi connectivity index (χ4v) is 5.17. The van der Waals surface area contributed by atoms with E-state index in [2.05, 4.69) is 20.7 Å². The number of nitrogens with one attached hydrogen (secondary N) is 2. The van der Waals surface area contributed by atoms with Crippen LogP contribution in [0.25, 0.3) is 16.9 Å². The number of aryl methyl sites for hydroxylation is 2. The zero-order valence-corrected chi connectivity index (χ0v) is 24.6. The number of rotatable bonds is 7. The maximum atomic E-state index is 13.7. The number of amides is 1. The van der Waals surface area contributed by atoms with Gasteiger partial charge in [0.05, 0.1) is 22.0 Å². The molecule has 5 rings (SSSR count). The monoisotopic (exact) mass is 595 g/mol. The smallest absolute Gasteiger partial charge is 0.337 e. The Hall–Kier alpha value is -4.22. The Morgan fingerprint density at radius 1 is 1.24 bits per heavy atom. The van der Waals surface area contributed by atoms with Gasteiger partial charge in [0, 0.05) is 36.0 Å². The van der Waals surface area contributed by atoms with E-state index in [-0.39, 0.29) is 23.6 Å². The minimum absolute atomic E-state index is 0.0540. The molecule has 12 heteroatoms. The highest BCUT2D eigenvalue weighted by atomic mass is 35.5. The van der Waals surface area contributed by atoms with E-state index in [0.29, 0.717) is 57.8 Å². The van der Waals surface area contributed by atoms with E-state index in [0.717, 1.165) is 5.56 Å². The average molecular weight is 596 g/mol. The Balaban J connectivity index is 1.66. The van der Waals surface area contributed by atoms with Crippen molar-refractivity contribution < 1.29 is 28.6 Å². The van der Waals surface area contributed by atoms with Crippen LogP contribution < -0.4 is 15.4 Å². The molecule has 0 aliphatic carbocycles. The second kappa shape index (κ2) is 11.2. The zero-order valence-electron chi connectivity index (χ0n) is 23.8. The van der Waals surface area contributed by atoms with Gasteiger partial charge in [0.1, 0.15) is 18.2 Å². The Bertz CT molecular complexity index is 1710. The lowest BCUT2D eigenvalue weighted by atomic mass is 9.98. The van der Waals surface area contributed by atoms with E-state index in [9.17, 15) is 19.1 Å². The highest BCUT2D eigenvalue weighted by Crippen LogP contribution is 2.44. The van der Waals surface area contributed by atoms with Gasteiger partial charge in [-0.2, -0.15) is 5.10 Å². The molecular weight excluding hydrogens is 565 g/mol. The van der Waals surface area contributed by atoms with Gasteiger partial charge >= 0.3 is 5.97 Å². The van der Waals surface area contributed by atoms with Gasteiger partial charge in [-0.05, 0) is 63.9 Å². The molecule has 1 unspecified atom stereocenters. The largest absolute Gasteiger partial charge is 0.490 e. The lowest BCUT2D eigenvalue weighted by Gasteiger charge is -2.28. The van der Waals surface area contributed by atoms with Crippen LogP contribution in [0.15, 0.2) is 36.4 Å². The highest BCUT2D eigenvalue weighted by molar-refractivity contribution is 6.36. The molecule has 3 N–H and O–H groups in total. The van der Waals surface area contributed by atoms with Crippen molar-refractivity contribution in [1.82, 2.24) is 19.9 Å². The number of benzene rings is 2. The summed E-state index contributed by atoms with van der Waals surface area (Å²) in [6.45, 7) is 9.78. The Kier molecular flexibility index (Phi) is 7.82. The molecule has 1 aliphatic heterocycles. The van der Waals surface area contributed by atoms with E-state index < -0.39 is 23.6 Å². The third-order valence-electron chi connectivity index (χ3n) is 6.72. The molecule has 42 heavy (non-hydrogen) atoms. The van der Waals surface area contributed by atoms with Crippen LogP contribution in [0.1, 0.15) is 59.7 Å². The molecule has 1 amide bonds. The first kappa shape index (κ1) is 29.3. The van der Waals surface area contributed by atoms with E-state index in [4.69, 9.17) is 21.1 Å². The molecule has 1 aliphatic rings. The Labute approximate surface area is 246 Å². The minimum Gasteiger partial charge on any atom is -0.490 e. The van der Waals surface area contributed by atoms with Crippen molar-refractivity contribution in [2.75, 3.05) is 18.5 Å². The van der Waals surface area contributed by atoms with Crippen LogP contribution >= 0.6 is 11.6 Å². The molecule has 0 saturated heterocycles. The number of carboxylic acids is 1. The number of aliphatic carboxylic acids is 1. The highest BCUT2D eigenvalue weighted by Gasteiger charge is 2.34. The van der Waals surface area contributed by atoms with Gasteiger partial charge in [0.2, 0.25) is 0 Å². The summed E-state index contributed by atoms with van der Waals surface area (Å²) in [5.41, 5.74) is 2.72. The standard InChI is InChI=1S/C30H31ClFN5O5/c1-15-12-17(6-8-19(15)32)14-34-28(38)20-13-22-35-16(2)23(27(29(39)40)42-30(3,4)5)26(37(22)36-20)18-7-9-21-25(24(18)31)33-10-11-41-21/h6-9,12-13,27,33H,10-11,14H2,1-5H3,(H,34,38)(H,39,40). The summed E-state index contributed by atoms with van der Waals surface area (Å²) in [4.78, 5) is 30.4. The number of ether oxygens (including phenoxy) is 2. The van der Waals surface area contributed by atoms with Crippen LogP contribution in [0.5, 0.6) is 5.75 Å². The van der Waals surface area contributed by atoms with Crippen molar-refractivity contribution in [3.05, 3.63) is 75.3 Å². The maximum absolute atomic E-state index is 13.7. The summed E-state index contributed by atoms with van der Waals surface area (Å²) in [6, 6.07) is 9.59. The number of carbonyl (C=O) groups is 2. The van der Waals surface area contributed by atoms with E-state index in [1.807, 2.05) is 0 Å². The predicted molar refractivity (Wildman–Crippen MR) is 156 cm³/mol. The number of fused-ring (bicyclic) bond motifs is 2. The Morgan fingerprint density at radius 2 is 2.00 bits per heavy atom. The van der Waals surface area contributed by atoms with Crippen molar-refractivity contribution in [2.24, 2.45) is 0 Å². The van der Waals surface area contributed by atoms with E-state index in [1.165, 1.54) is 16.6 Å². The topological polar surface area (TPSA) is 127 Å². The summed E-state index contributed by atoms with van der Waals surface area (Å²) in [7, 11) is 0. The van der Waals surface area contributed by atoms with Gasteiger partial charge in [-0.1, -0.05) is 23.7 Å². The fraction of sp³-hybridized carbons (Fsp3) is 0.333. The maximum Gasteiger partial charge on any atom is 0.337 e. The fourth-order valence-electron chi connectivity index (χ4n) is 4.86. The van der Waals surface area contributed by atoms with Crippen molar-refractivity contribution in [3.8, 4) is 17.0 Å². The van der Waals surface area contributed by atoms with Crippen LogP contribution in [0, 0.1) is 19.7 Å². The normalized spacial score (nSPS) is 13.7. The molecule has 0 spiro atoms. The molecule has 1 atom stereocenters. The van der Waals surface area contributed by atoms with Crippen molar-refractivity contribution >= 4 is 34.8 Å². The summed E-state index contributed by atoms with van der Waals surface area (Å²) in [5, 5.41) is 21.2. The van der Waals surface area contributed by atoms with Crippen molar-refractivity contribution in [3.63, 3.8) is 0 Å². The molecule has 2 aromatic carbocycles. The van der Waals surface area contributed by atoms with Gasteiger partial charge in [0.15, 0.2) is 17.4 Å². The second-order valence-electron chi connectivity index (χ2n) is 11.0. The SMILES string of the molecule is Cc1cc(CNC(=O)c2cc3nc(C)c(C(OC(C)(C)C)C(=O)O)c(-c4ccc5c(c4Cl)NCCO5)n3n2)ccc1F. The lowest BCUT2D eigenvalue weighted by molar-refractivity contribution is -0.160. The molecule has 2 aromatic heterocycles. The molecule has 0 saturated carbocycles. The van der Waals surface area contributed by atoms with Crippen LogP contribution in [-0.2, 0) is 16.1 Å². The lowest BCUT2D eigenvalue weighted by Crippen LogP contribution is -2.29. The molecule has 0 bridgehead atoms. The van der Waals surface area contributed by atoms with E-state index in [1.54, 1.807) is 58.9 Å². The molecule has 220 valence electrons. The predicted octanol–water partition coefficient (Wildman–Crippen LogP) is 5.48. The zero-order chi connectivity index (χ0) is 30.3. The first-order valence-electron chi connectivity index (χ1n) is 13.4. The van der Waals surface area contributed by atoms with Crippen LogP contribution in [0.2, 0.25) is 5.02 Å². The van der Waals surface area contributed by atoms with Gasteiger partial charge in [-0.3, -0.25) is 4.79 Å². The summed E-state index contributed by atoms with van der Waals surface area (Å²) in [5.74, 6) is -1.46. The third-order valence-corrected chi connectivity index (χ3v) is 7.11. The molecule has 0 radical (unpaired) electrons. The van der Waals surface area contributed by atoms with Crippen LogP contribution in [0.3, 0.4) is 0 Å². The molecule has 4 aromatic rings. The Morgan fingerprint density at radius 3 is 2.69 bits per heavy atom.